The molecule has 0 radical (unpaired) electrons. The van der Waals surface area contributed by atoms with E-state index in [9.17, 15) is 14.4 Å². The minimum Gasteiger partial charge on any atom is -0.355 e. The summed E-state index contributed by atoms with van der Waals surface area (Å²) in [6, 6.07) is 5.67. The highest BCUT2D eigenvalue weighted by Crippen LogP contribution is 2.10. The molecular weight excluding hydrogens is 328 g/mol. The quantitative estimate of drug-likeness (QED) is 0.643. The number of nitrogens with zero attached hydrogens (tertiary/aromatic N) is 1. The van der Waals surface area contributed by atoms with Gasteiger partial charge in [0.15, 0.2) is 0 Å². The van der Waals surface area contributed by atoms with Crippen molar-refractivity contribution in [2.45, 2.75) is 19.0 Å². The predicted molar refractivity (Wildman–Crippen MR) is 95.8 cm³/mol. The molecule has 0 aliphatic carbocycles. The minimum atomic E-state index is -0.710. The van der Waals surface area contributed by atoms with Gasteiger partial charge in [-0.2, -0.15) is 11.8 Å². The zero-order chi connectivity index (χ0) is 18.1. The fourth-order valence-corrected chi connectivity index (χ4v) is 2.66. The Hall–Kier alpha value is -2.22. The number of urea groups is 1. The summed E-state index contributed by atoms with van der Waals surface area (Å²) in [7, 11) is 3.24. The number of nitrogens with two attached hydrogens (primary N) is 1. The second kappa shape index (κ2) is 9.82. The van der Waals surface area contributed by atoms with Crippen molar-refractivity contribution in [3.8, 4) is 0 Å². The van der Waals surface area contributed by atoms with E-state index in [2.05, 4.69) is 10.6 Å². The van der Waals surface area contributed by atoms with Crippen LogP contribution in [0.1, 0.15) is 22.3 Å². The topological polar surface area (TPSA) is 105 Å². The Labute approximate surface area is 146 Å². The molecule has 0 fully saturated rings. The standard InChI is InChI=1S/C16H24N4O3S/c1-18-14(21)12-6-4-11(5-7-12)10-20(2)15(22)13(8-9-24-3)19-16(17)23/h4-7,13H,8-10H2,1-3H3,(H,18,21)(H3,17,19,23)/t13-/m1/s1. The lowest BCUT2D eigenvalue weighted by atomic mass is 10.1. The van der Waals surface area contributed by atoms with E-state index in [1.165, 1.54) is 4.90 Å². The van der Waals surface area contributed by atoms with E-state index in [1.54, 1.807) is 50.1 Å². The molecule has 0 aliphatic heterocycles. The van der Waals surface area contributed by atoms with Crippen LogP contribution >= 0.6 is 11.8 Å². The maximum Gasteiger partial charge on any atom is 0.312 e. The number of likely N-dealkylation sites (N-methyl/N-ethyl adjacent to an activating group) is 1. The van der Waals surface area contributed by atoms with Gasteiger partial charge in [0, 0.05) is 26.2 Å². The van der Waals surface area contributed by atoms with Crippen molar-refractivity contribution in [2.75, 3.05) is 26.1 Å². The number of carbonyl (C=O) groups excluding carboxylic acids is 3. The van der Waals surface area contributed by atoms with Crippen molar-refractivity contribution in [2.24, 2.45) is 5.73 Å². The second-order valence-electron chi connectivity index (χ2n) is 5.31. The van der Waals surface area contributed by atoms with Crippen LogP contribution in [0.3, 0.4) is 0 Å². The highest BCUT2D eigenvalue weighted by atomic mass is 32.2. The third-order valence-electron chi connectivity index (χ3n) is 3.46. The molecule has 7 nitrogen and oxygen atoms in total. The lowest BCUT2D eigenvalue weighted by Gasteiger charge is -2.24. The van der Waals surface area contributed by atoms with Crippen molar-refractivity contribution in [1.29, 1.82) is 0 Å². The highest BCUT2D eigenvalue weighted by molar-refractivity contribution is 7.98. The van der Waals surface area contributed by atoms with Gasteiger partial charge in [0.25, 0.3) is 5.91 Å². The maximum absolute atomic E-state index is 12.5. The number of primary amides is 1. The van der Waals surface area contributed by atoms with Crippen LogP contribution in [0.4, 0.5) is 4.79 Å². The number of rotatable bonds is 8. The molecule has 1 aromatic carbocycles. The molecule has 1 aromatic rings. The molecule has 0 saturated heterocycles. The van der Waals surface area contributed by atoms with Gasteiger partial charge in [-0.3, -0.25) is 9.59 Å². The molecule has 132 valence electrons. The third kappa shape index (κ3) is 6.11. The average molecular weight is 352 g/mol. The number of benzene rings is 1. The van der Waals surface area contributed by atoms with Crippen LogP contribution in [0.25, 0.3) is 0 Å². The molecule has 0 saturated carbocycles. The van der Waals surface area contributed by atoms with E-state index in [1.807, 2.05) is 6.26 Å². The first-order valence-electron chi connectivity index (χ1n) is 7.50. The summed E-state index contributed by atoms with van der Waals surface area (Å²) in [5.41, 5.74) is 6.60. The summed E-state index contributed by atoms with van der Waals surface area (Å²) in [4.78, 5) is 36.6. The maximum atomic E-state index is 12.5. The van der Waals surface area contributed by atoms with E-state index in [-0.39, 0.29) is 11.8 Å². The van der Waals surface area contributed by atoms with Gasteiger partial charge >= 0.3 is 6.03 Å². The number of carbonyl (C=O) groups is 3. The van der Waals surface area contributed by atoms with Crippen LogP contribution in [-0.2, 0) is 11.3 Å². The van der Waals surface area contributed by atoms with Crippen molar-refractivity contribution < 1.29 is 14.4 Å². The Bertz CT molecular complexity index is 577. The first-order chi connectivity index (χ1) is 11.4. The van der Waals surface area contributed by atoms with Crippen LogP contribution in [0.5, 0.6) is 0 Å². The molecule has 0 unspecified atom stereocenters. The fourth-order valence-electron chi connectivity index (χ4n) is 2.19. The molecule has 0 aliphatic rings. The number of hydrogen-bond donors (Lipinski definition) is 3. The first-order valence-corrected chi connectivity index (χ1v) is 8.89. The summed E-state index contributed by atoms with van der Waals surface area (Å²) in [5, 5.41) is 5.05. The van der Waals surface area contributed by atoms with Crippen molar-refractivity contribution >= 4 is 29.6 Å². The second-order valence-corrected chi connectivity index (χ2v) is 6.30. The Morgan fingerprint density at radius 2 is 1.88 bits per heavy atom. The van der Waals surface area contributed by atoms with Gasteiger partial charge in [-0.1, -0.05) is 12.1 Å². The van der Waals surface area contributed by atoms with Crippen LogP contribution in [0.15, 0.2) is 24.3 Å². The van der Waals surface area contributed by atoms with Gasteiger partial charge in [-0.05, 0) is 36.1 Å². The zero-order valence-electron chi connectivity index (χ0n) is 14.2. The van der Waals surface area contributed by atoms with E-state index in [4.69, 9.17) is 5.73 Å². The number of hydrogen-bond acceptors (Lipinski definition) is 4. The van der Waals surface area contributed by atoms with Gasteiger partial charge in [0.1, 0.15) is 6.04 Å². The molecule has 0 bridgehead atoms. The summed E-state index contributed by atoms with van der Waals surface area (Å²) in [6.45, 7) is 0.378. The van der Waals surface area contributed by atoms with Gasteiger partial charge in [0.05, 0.1) is 0 Å². The monoisotopic (exact) mass is 352 g/mol. The Balaban J connectivity index is 2.72. The van der Waals surface area contributed by atoms with E-state index < -0.39 is 12.1 Å². The fraction of sp³-hybridized carbons (Fsp3) is 0.438. The Morgan fingerprint density at radius 1 is 1.25 bits per heavy atom. The van der Waals surface area contributed by atoms with Crippen LogP contribution in [0, 0.1) is 0 Å². The smallest absolute Gasteiger partial charge is 0.312 e. The number of thioether (sulfide) groups is 1. The van der Waals surface area contributed by atoms with E-state index >= 15 is 0 Å². The third-order valence-corrected chi connectivity index (χ3v) is 4.11. The van der Waals surface area contributed by atoms with Gasteiger partial charge in [-0.15, -0.1) is 0 Å². The van der Waals surface area contributed by atoms with E-state index in [0.717, 1.165) is 11.3 Å². The number of nitrogens with one attached hydrogen (secondary N) is 2. The SMILES string of the molecule is CNC(=O)c1ccc(CN(C)C(=O)[C@@H](CCSC)NC(N)=O)cc1. The Kier molecular flexibility index (Phi) is 8.11. The molecular formula is C16H24N4O3S. The molecule has 0 heterocycles. The van der Waals surface area contributed by atoms with Crippen LogP contribution in [0.2, 0.25) is 0 Å². The summed E-state index contributed by atoms with van der Waals surface area (Å²) in [6.07, 6.45) is 2.45. The van der Waals surface area contributed by atoms with Gasteiger partial charge in [-0.25, -0.2) is 4.79 Å². The van der Waals surface area contributed by atoms with Gasteiger partial charge < -0.3 is 21.3 Å². The predicted octanol–water partition coefficient (Wildman–Crippen LogP) is 0.795. The Morgan fingerprint density at radius 3 is 2.38 bits per heavy atom. The van der Waals surface area contributed by atoms with Crippen LogP contribution < -0.4 is 16.4 Å². The molecule has 0 spiro atoms. The summed E-state index contributed by atoms with van der Waals surface area (Å²) in [5.74, 6) is 0.387. The van der Waals surface area contributed by atoms with Crippen molar-refractivity contribution in [1.82, 2.24) is 15.5 Å². The molecule has 1 atom stereocenters. The minimum absolute atomic E-state index is 0.159. The normalized spacial score (nSPS) is 11.5. The van der Waals surface area contributed by atoms with Crippen LogP contribution in [-0.4, -0.2) is 54.9 Å². The molecule has 1 rings (SSSR count). The molecule has 4 amide bonds. The molecule has 0 aromatic heterocycles. The molecule has 24 heavy (non-hydrogen) atoms. The average Bonchev–Trinajstić information content (AvgIpc) is 2.57. The van der Waals surface area contributed by atoms with Crippen molar-refractivity contribution in [3.63, 3.8) is 0 Å². The largest absolute Gasteiger partial charge is 0.355 e. The molecule has 4 N–H and O–H groups in total. The zero-order valence-corrected chi connectivity index (χ0v) is 15.0. The first kappa shape index (κ1) is 19.8. The van der Waals surface area contributed by atoms with E-state index in [0.29, 0.717) is 18.5 Å². The number of amides is 4. The molecule has 8 heteroatoms. The van der Waals surface area contributed by atoms with Crippen molar-refractivity contribution in [3.05, 3.63) is 35.4 Å². The lowest BCUT2D eigenvalue weighted by Crippen LogP contribution is -2.49. The van der Waals surface area contributed by atoms with Gasteiger partial charge in [0.2, 0.25) is 5.91 Å². The lowest BCUT2D eigenvalue weighted by molar-refractivity contribution is -0.132. The highest BCUT2D eigenvalue weighted by Gasteiger charge is 2.23. The summed E-state index contributed by atoms with van der Waals surface area (Å²) < 4.78 is 0. The summed E-state index contributed by atoms with van der Waals surface area (Å²) >= 11 is 1.60.